The molecule has 0 atom stereocenters. The Morgan fingerprint density at radius 2 is 2.32 bits per heavy atom. The van der Waals surface area contributed by atoms with Crippen LogP contribution in [0.25, 0.3) is 11.0 Å². The molecule has 0 aliphatic rings. The summed E-state index contributed by atoms with van der Waals surface area (Å²) in [6.07, 6.45) is 0.290. The third kappa shape index (κ3) is 3.30. The average Bonchev–Trinajstić information content (AvgIpc) is 2.86. The number of fused-ring (bicyclic) bond motifs is 1. The number of hydrogen-bond donors (Lipinski definition) is 2. The molecule has 0 radical (unpaired) electrons. The molecular formula is C11H10ClN5OS. The van der Waals surface area contributed by atoms with Gasteiger partial charge in [0.25, 0.3) is 0 Å². The Bertz CT molecular complexity index is 636. The lowest BCUT2D eigenvalue weighted by Gasteiger charge is -2.08. The van der Waals surface area contributed by atoms with Gasteiger partial charge in [0.05, 0.1) is 41.5 Å². The molecule has 2 N–H and O–H groups in total. The standard InChI is InChI=1S/C11H10ClN5OS/c12-7-2-3-8-11(17-19-16-8)10(7)15-6-9(18)14-5-1-4-13/h2-3,15H,1,5-6H2,(H,14,18). The summed E-state index contributed by atoms with van der Waals surface area (Å²) >= 11 is 7.16. The van der Waals surface area contributed by atoms with Crippen LogP contribution in [0.1, 0.15) is 6.42 Å². The largest absolute Gasteiger partial charge is 0.373 e. The summed E-state index contributed by atoms with van der Waals surface area (Å²) in [4.78, 5) is 11.5. The second-order valence-corrected chi connectivity index (χ2v) is 4.60. The second-order valence-electron chi connectivity index (χ2n) is 3.67. The summed E-state index contributed by atoms with van der Waals surface area (Å²) in [5.41, 5.74) is 1.99. The number of halogens is 1. The highest BCUT2D eigenvalue weighted by Gasteiger charge is 2.10. The van der Waals surface area contributed by atoms with Gasteiger partial charge in [0.15, 0.2) is 0 Å². The molecule has 0 unspecified atom stereocenters. The van der Waals surface area contributed by atoms with Crippen LogP contribution >= 0.6 is 23.3 Å². The summed E-state index contributed by atoms with van der Waals surface area (Å²) in [7, 11) is 0. The first-order valence-electron chi connectivity index (χ1n) is 5.50. The van der Waals surface area contributed by atoms with Crippen LogP contribution in [-0.2, 0) is 4.79 Å². The molecular weight excluding hydrogens is 286 g/mol. The van der Waals surface area contributed by atoms with Crippen molar-refractivity contribution in [1.29, 1.82) is 5.26 Å². The third-order valence-corrected chi connectivity index (χ3v) is 3.22. The van der Waals surface area contributed by atoms with E-state index in [1.807, 2.05) is 6.07 Å². The van der Waals surface area contributed by atoms with E-state index in [4.69, 9.17) is 16.9 Å². The lowest BCUT2D eigenvalue weighted by molar-refractivity contribution is -0.119. The van der Waals surface area contributed by atoms with Crippen LogP contribution in [0.3, 0.4) is 0 Å². The maximum atomic E-state index is 11.5. The quantitative estimate of drug-likeness (QED) is 0.821. The van der Waals surface area contributed by atoms with Crippen molar-refractivity contribution in [2.24, 2.45) is 0 Å². The van der Waals surface area contributed by atoms with E-state index < -0.39 is 0 Å². The minimum atomic E-state index is -0.202. The maximum absolute atomic E-state index is 11.5. The normalized spacial score (nSPS) is 10.1. The van der Waals surface area contributed by atoms with Crippen LogP contribution in [0.4, 0.5) is 5.69 Å². The van der Waals surface area contributed by atoms with Crippen LogP contribution in [0.15, 0.2) is 12.1 Å². The van der Waals surface area contributed by atoms with E-state index in [0.29, 0.717) is 22.8 Å². The molecule has 6 nitrogen and oxygen atoms in total. The molecule has 0 aliphatic heterocycles. The molecule has 0 spiro atoms. The van der Waals surface area contributed by atoms with Crippen molar-refractivity contribution in [1.82, 2.24) is 14.1 Å². The molecule has 0 saturated heterocycles. The summed E-state index contributed by atoms with van der Waals surface area (Å²) in [6, 6.07) is 5.44. The predicted octanol–water partition coefficient (Wildman–Crippen LogP) is 1.79. The zero-order valence-electron chi connectivity index (χ0n) is 9.81. The molecule has 0 aliphatic carbocycles. The van der Waals surface area contributed by atoms with Crippen molar-refractivity contribution in [3.05, 3.63) is 17.2 Å². The predicted molar refractivity (Wildman–Crippen MR) is 74.2 cm³/mol. The van der Waals surface area contributed by atoms with Crippen LogP contribution < -0.4 is 10.6 Å². The van der Waals surface area contributed by atoms with Crippen LogP contribution in [0, 0.1) is 11.3 Å². The first-order valence-corrected chi connectivity index (χ1v) is 6.61. The number of amides is 1. The Balaban J connectivity index is 2.01. The molecule has 1 aromatic carbocycles. The molecule has 2 aromatic rings. The summed E-state index contributed by atoms with van der Waals surface area (Å²) < 4.78 is 8.25. The Morgan fingerprint density at radius 1 is 1.47 bits per heavy atom. The number of nitriles is 1. The highest BCUT2D eigenvalue weighted by atomic mass is 35.5. The molecule has 0 fully saturated rings. The monoisotopic (exact) mass is 295 g/mol. The van der Waals surface area contributed by atoms with E-state index in [1.54, 1.807) is 12.1 Å². The van der Waals surface area contributed by atoms with Crippen molar-refractivity contribution < 1.29 is 4.79 Å². The van der Waals surface area contributed by atoms with Crippen molar-refractivity contribution >= 4 is 46.0 Å². The molecule has 2 rings (SSSR count). The van der Waals surface area contributed by atoms with Gasteiger partial charge in [-0.25, -0.2) is 0 Å². The minimum Gasteiger partial charge on any atom is -0.373 e. The third-order valence-electron chi connectivity index (χ3n) is 2.36. The van der Waals surface area contributed by atoms with E-state index in [2.05, 4.69) is 19.4 Å². The van der Waals surface area contributed by atoms with Gasteiger partial charge in [0.2, 0.25) is 5.91 Å². The van der Waals surface area contributed by atoms with Gasteiger partial charge in [-0.15, -0.1) is 0 Å². The Labute approximate surface area is 118 Å². The lowest BCUT2D eigenvalue weighted by atomic mass is 10.2. The molecule has 0 bridgehead atoms. The van der Waals surface area contributed by atoms with Crippen molar-refractivity contribution in [3.8, 4) is 6.07 Å². The van der Waals surface area contributed by atoms with E-state index in [-0.39, 0.29) is 18.9 Å². The Kier molecular flexibility index (Phi) is 4.49. The van der Waals surface area contributed by atoms with Gasteiger partial charge in [-0.3, -0.25) is 4.79 Å². The summed E-state index contributed by atoms with van der Waals surface area (Å²) in [5.74, 6) is -0.202. The number of aromatic nitrogens is 2. The molecule has 8 heteroatoms. The van der Waals surface area contributed by atoms with Crippen LogP contribution in [0.2, 0.25) is 5.02 Å². The van der Waals surface area contributed by atoms with Gasteiger partial charge < -0.3 is 10.6 Å². The molecule has 0 saturated carbocycles. The van der Waals surface area contributed by atoms with E-state index in [9.17, 15) is 4.79 Å². The maximum Gasteiger partial charge on any atom is 0.239 e. The number of carbonyl (C=O) groups excluding carboxylic acids is 1. The van der Waals surface area contributed by atoms with Gasteiger partial charge in [-0.1, -0.05) is 11.6 Å². The smallest absolute Gasteiger partial charge is 0.239 e. The first-order chi connectivity index (χ1) is 9.22. The zero-order valence-corrected chi connectivity index (χ0v) is 11.4. The van der Waals surface area contributed by atoms with E-state index in [0.717, 1.165) is 17.2 Å². The number of hydrogen-bond acceptors (Lipinski definition) is 6. The van der Waals surface area contributed by atoms with Gasteiger partial charge in [0.1, 0.15) is 11.0 Å². The van der Waals surface area contributed by atoms with E-state index >= 15 is 0 Å². The van der Waals surface area contributed by atoms with Crippen molar-refractivity contribution in [2.75, 3.05) is 18.4 Å². The highest BCUT2D eigenvalue weighted by molar-refractivity contribution is 7.00. The summed E-state index contributed by atoms with van der Waals surface area (Å²) in [6.45, 7) is 0.412. The molecule has 1 heterocycles. The fourth-order valence-corrected chi connectivity index (χ4v) is 2.25. The van der Waals surface area contributed by atoms with Crippen molar-refractivity contribution in [3.63, 3.8) is 0 Å². The number of benzene rings is 1. The first kappa shape index (κ1) is 13.5. The van der Waals surface area contributed by atoms with Gasteiger partial charge in [-0.05, 0) is 12.1 Å². The average molecular weight is 296 g/mol. The van der Waals surface area contributed by atoms with Crippen LogP contribution in [-0.4, -0.2) is 27.7 Å². The topological polar surface area (TPSA) is 90.7 Å². The molecule has 1 aromatic heterocycles. The fraction of sp³-hybridized carbons (Fsp3) is 0.273. The molecule has 98 valence electrons. The Morgan fingerprint density at radius 3 is 3.11 bits per heavy atom. The fourth-order valence-electron chi connectivity index (χ4n) is 1.48. The minimum absolute atomic E-state index is 0.0712. The number of nitrogens with zero attached hydrogens (tertiary/aromatic N) is 3. The lowest BCUT2D eigenvalue weighted by Crippen LogP contribution is -2.30. The molecule has 19 heavy (non-hydrogen) atoms. The van der Waals surface area contributed by atoms with Crippen LogP contribution in [0.5, 0.6) is 0 Å². The zero-order chi connectivity index (χ0) is 13.7. The number of nitrogens with one attached hydrogen (secondary N) is 2. The summed E-state index contributed by atoms with van der Waals surface area (Å²) in [5, 5.41) is 14.4. The SMILES string of the molecule is N#CCCNC(=O)CNc1c(Cl)ccc2nsnc12. The van der Waals surface area contributed by atoms with Gasteiger partial charge >= 0.3 is 0 Å². The Hall–Kier alpha value is -1.91. The second kappa shape index (κ2) is 6.31. The molecule has 1 amide bonds. The van der Waals surface area contributed by atoms with E-state index in [1.165, 1.54) is 0 Å². The van der Waals surface area contributed by atoms with Crippen molar-refractivity contribution in [2.45, 2.75) is 6.42 Å². The number of anilines is 1. The number of carbonyl (C=O) groups is 1. The number of rotatable bonds is 5. The van der Waals surface area contributed by atoms with Gasteiger partial charge in [-0.2, -0.15) is 14.0 Å². The van der Waals surface area contributed by atoms with Gasteiger partial charge in [0, 0.05) is 6.54 Å². The highest BCUT2D eigenvalue weighted by Crippen LogP contribution is 2.29.